The molecule has 0 aliphatic rings. The van der Waals surface area contributed by atoms with Gasteiger partial charge in [0.1, 0.15) is 6.54 Å². The number of aryl methyl sites for hydroxylation is 1. The van der Waals surface area contributed by atoms with Crippen molar-refractivity contribution in [1.29, 1.82) is 0 Å². The first kappa shape index (κ1) is 29.6. The molecule has 0 aromatic heterocycles. The molecule has 1 amide bonds. The van der Waals surface area contributed by atoms with E-state index in [0.717, 1.165) is 34.1 Å². The molecule has 0 fully saturated rings. The number of nitrogens with one attached hydrogen (secondary N) is 2. The molecule has 13 heteroatoms. The zero-order valence-electron chi connectivity index (χ0n) is 21.5. The molecule has 41 heavy (non-hydrogen) atoms. The average molecular weight is 604 g/mol. The van der Waals surface area contributed by atoms with Crippen LogP contribution in [0.5, 0.6) is 0 Å². The quantitative estimate of drug-likeness (QED) is 0.257. The third kappa shape index (κ3) is 7.24. The lowest BCUT2D eigenvalue weighted by molar-refractivity contribution is -0.137. The van der Waals surface area contributed by atoms with Crippen molar-refractivity contribution in [1.82, 2.24) is 0 Å². The molecule has 4 aromatic carbocycles. The number of halogens is 3. The molecule has 0 heterocycles. The van der Waals surface area contributed by atoms with Gasteiger partial charge >= 0.3 is 6.18 Å². The minimum atomic E-state index is -4.64. The fraction of sp³-hybridized carbons (Fsp3) is 0.107. The van der Waals surface area contributed by atoms with Gasteiger partial charge in [0, 0.05) is 11.4 Å². The van der Waals surface area contributed by atoms with E-state index in [0.29, 0.717) is 6.07 Å². The molecule has 4 aromatic rings. The molecule has 2 N–H and O–H groups in total. The third-order valence-corrected chi connectivity index (χ3v) is 9.02. The van der Waals surface area contributed by atoms with E-state index in [4.69, 9.17) is 0 Å². The second-order valence-electron chi connectivity index (χ2n) is 8.92. The normalized spacial score (nSPS) is 12.0. The first-order valence-electron chi connectivity index (χ1n) is 12.0. The molecular weight excluding hydrogens is 579 g/mol. The summed E-state index contributed by atoms with van der Waals surface area (Å²) in [4.78, 5) is 12.7. The van der Waals surface area contributed by atoms with Crippen LogP contribution in [0.3, 0.4) is 0 Å². The van der Waals surface area contributed by atoms with Crippen molar-refractivity contribution in [2.45, 2.75) is 22.9 Å². The Morgan fingerprint density at radius 3 is 2.00 bits per heavy atom. The number of nitrogens with zero attached hydrogens (tertiary/aromatic N) is 1. The summed E-state index contributed by atoms with van der Waals surface area (Å²) in [5.41, 5.74) is 0.0660. The molecule has 0 saturated heterocycles. The highest BCUT2D eigenvalue weighted by molar-refractivity contribution is 7.93. The first-order chi connectivity index (χ1) is 19.3. The molecule has 0 unspecified atom stereocenters. The number of hydrogen-bond acceptors (Lipinski definition) is 5. The van der Waals surface area contributed by atoms with Crippen molar-refractivity contribution in [2.24, 2.45) is 0 Å². The first-order valence-corrected chi connectivity index (χ1v) is 14.9. The van der Waals surface area contributed by atoms with Crippen LogP contribution < -0.4 is 14.3 Å². The molecular formula is C28H24F3N3O5S2. The van der Waals surface area contributed by atoms with Gasteiger partial charge in [0.2, 0.25) is 5.91 Å². The Kier molecular flexibility index (Phi) is 8.40. The molecule has 214 valence electrons. The lowest BCUT2D eigenvalue weighted by Crippen LogP contribution is -2.38. The Labute approximate surface area is 235 Å². The fourth-order valence-corrected chi connectivity index (χ4v) is 6.26. The Morgan fingerprint density at radius 1 is 0.756 bits per heavy atom. The lowest BCUT2D eigenvalue weighted by Gasteiger charge is -2.24. The molecule has 0 saturated carbocycles. The predicted molar refractivity (Wildman–Crippen MR) is 149 cm³/mol. The van der Waals surface area contributed by atoms with Gasteiger partial charge in [-0.1, -0.05) is 42.0 Å². The van der Waals surface area contributed by atoms with E-state index in [-0.39, 0.29) is 26.9 Å². The second-order valence-corrected chi connectivity index (χ2v) is 12.5. The number of rotatable bonds is 9. The predicted octanol–water partition coefficient (Wildman–Crippen LogP) is 5.65. The zero-order valence-corrected chi connectivity index (χ0v) is 23.1. The maximum absolute atomic E-state index is 13.4. The van der Waals surface area contributed by atoms with Gasteiger partial charge < -0.3 is 5.32 Å². The van der Waals surface area contributed by atoms with Crippen molar-refractivity contribution in [3.63, 3.8) is 0 Å². The Hall–Kier alpha value is -4.36. The zero-order chi connectivity index (χ0) is 29.8. The molecule has 4 rings (SSSR count). The summed E-state index contributed by atoms with van der Waals surface area (Å²) in [5.74, 6) is -0.692. The van der Waals surface area contributed by atoms with Crippen molar-refractivity contribution in [3.8, 4) is 0 Å². The molecule has 0 atom stereocenters. The Balaban J connectivity index is 1.51. The monoisotopic (exact) mass is 603 g/mol. The number of hydrogen-bond donors (Lipinski definition) is 2. The highest BCUT2D eigenvalue weighted by Gasteiger charge is 2.31. The van der Waals surface area contributed by atoms with Gasteiger partial charge in [-0.3, -0.25) is 13.8 Å². The van der Waals surface area contributed by atoms with Gasteiger partial charge in [-0.25, -0.2) is 16.8 Å². The summed E-state index contributed by atoms with van der Waals surface area (Å²) in [7, 11) is -8.36. The van der Waals surface area contributed by atoms with Crippen LogP contribution in [0.15, 0.2) is 113 Å². The van der Waals surface area contributed by atoms with Crippen LogP contribution in [0.4, 0.5) is 30.2 Å². The van der Waals surface area contributed by atoms with Gasteiger partial charge in [-0.05, 0) is 73.7 Å². The average Bonchev–Trinajstić information content (AvgIpc) is 2.92. The largest absolute Gasteiger partial charge is 0.416 e. The van der Waals surface area contributed by atoms with Gasteiger partial charge in [0.25, 0.3) is 20.0 Å². The van der Waals surface area contributed by atoms with E-state index >= 15 is 0 Å². The van der Waals surface area contributed by atoms with Gasteiger partial charge in [-0.2, -0.15) is 13.2 Å². The highest BCUT2D eigenvalue weighted by Crippen LogP contribution is 2.31. The Morgan fingerprint density at radius 2 is 1.39 bits per heavy atom. The fourth-order valence-electron chi connectivity index (χ4n) is 3.77. The smallest absolute Gasteiger partial charge is 0.325 e. The van der Waals surface area contributed by atoms with Crippen LogP contribution in [-0.4, -0.2) is 29.3 Å². The van der Waals surface area contributed by atoms with Gasteiger partial charge in [-0.15, -0.1) is 0 Å². The standard InChI is InChI=1S/C28H24F3N3O5S2/c1-20-10-14-24(15-11-20)34(41(38,39)26-8-3-2-4-9-26)19-27(35)32-22-12-16-25(17-13-22)40(36,37)33-23-7-5-6-21(18-23)28(29,30)31/h2-18,33H,19H2,1H3,(H,32,35). The summed E-state index contributed by atoms with van der Waals surface area (Å²) >= 11 is 0. The van der Waals surface area contributed by atoms with E-state index in [1.165, 1.54) is 30.3 Å². The molecule has 0 bridgehead atoms. The van der Waals surface area contributed by atoms with Crippen LogP contribution in [0.25, 0.3) is 0 Å². The maximum Gasteiger partial charge on any atom is 0.416 e. The second kappa shape index (κ2) is 11.6. The van der Waals surface area contributed by atoms with E-state index in [9.17, 15) is 34.8 Å². The summed E-state index contributed by atoms with van der Waals surface area (Å²) in [6.45, 7) is 1.27. The summed E-state index contributed by atoms with van der Waals surface area (Å²) in [6, 6.07) is 22.9. The van der Waals surface area contributed by atoms with Gasteiger partial charge in [0.05, 0.1) is 21.0 Å². The van der Waals surface area contributed by atoms with E-state index in [2.05, 4.69) is 10.0 Å². The van der Waals surface area contributed by atoms with E-state index in [1.54, 1.807) is 42.5 Å². The van der Waals surface area contributed by atoms with Crippen LogP contribution in [-0.2, 0) is 31.0 Å². The van der Waals surface area contributed by atoms with Crippen molar-refractivity contribution in [3.05, 3.63) is 114 Å². The van der Waals surface area contributed by atoms with Crippen LogP contribution in [0.2, 0.25) is 0 Å². The minimum absolute atomic E-state index is 0.00351. The van der Waals surface area contributed by atoms with E-state index < -0.39 is 44.2 Å². The van der Waals surface area contributed by atoms with Gasteiger partial charge in [0.15, 0.2) is 0 Å². The van der Waals surface area contributed by atoms with Crippen LogP contribution >= 0.6 is 0 Å². The summed E-state index contributed by atoms with van der Waals surface area (Å²) in [6.07, 6.45) is -4.64. The van der Waals surface area contributed by atoms with Crippen LogP contribution in [0, 0.1) is 6.92 Å². The summed E-state index contributed by atoms with van der Waals surface area (Å²) in [5, 5.41) is 2.54. The van der Waals surface area contributed by atoms with Crippen molar-refractivity contribution < 1.29 is 34.8 Å². The number of benzene rings is 4. The van der Waals surface area contributed by atoms with Crippen molar-refractivity contribution in [2.75, 3.05) is 20.9 Å². The SMILES string of the molecule is Cc1ccc(N(CC(=O)Nc2ccc(S(=O)(=O)Nc3cccc(C(F)(F)F)c3)cc2)S(=O)(=O)c2ccccc2)cc1. The highest BCUT2D eigenvalue weighted by atomic mass is 32.2. The molecule has 0 aliphatic carbocycles. The van der Waals surface area contributed by atoms with E-state index in [1.807, 2.05) is 6.92 Å². The Bertz CT molecular complexity index is 1740. The van der Waals surface area contributed by atoms with Crippen LogP contribution in [0.1, 0.15) is 11.1 Å². The minimum Gasteiger partial charge on any atom is -0.325 e. The number of alkyl halides is 3. The molecule has 8 nitrogen and oxygen atoms in total. The lowest BCUT2D eigenvalue weighted by atomic mass is 10.2. The third-order valence-electron chi connectivity index (χ3n) is 5.83. The molecule has 0 radical (unpaired) electrons. The summed E-state index contributed by atoms with van der Waals surface area (Å²) < 4.78 is 94.2. The number of amides is 1. The number of carbonyl (C=O) groups is 1. The number of carbonyl (C=O) groups excluding carboxylic acids is 1. The van der Waals surface area contributed by atoms with Crippen molar-refractivity contribution >= 4 is 43.0 Å². The number of sulfonamides is 2. The molecule has 0 spiro atoms. The molecule has 0 aliphatic heterocycles. The number of anilines is 3. The topological polar surface area (TPSA) is 113 Å². The maximum atomic E-state index is 13.4.